The summed E-state index contributed by atoms with van der Waals surface area (Å²) in [7, 11) is 0. The summed E-state index contributed by atoms with van der Waals surface area (Å²) in [6.07, 6.45) is 3.58. The number of carbonyl (C=O) groups is 1. The molecule has 0 saturated carbocycles. The molecular weight excluding hydrogens is 303 g/mol. The van der Waals surface area contributed by atoms with Crippen molar-refractivity contribution in [2.24, 2.45) is 5.92 Å². The molecule has 5 heteroatoms. The van der Waals surface area contributed by atoms with E-state index in [0.29, 0.717) is 17.1 Å². The van der Waals surface area contributed by atoms with Crippen molar-refractivity contribution in [2.45, 2.75) is 32.6 Å². The van der Waals surface area contributed by atoms with Gasteiger partial charge in [-0.2, -0.15) is 0 Å². The minimum Gasteiger partial charge on any atom is -0.356 e. The lowest BCUT2D eigenvalue weighted by Gasteiger charge is -2.30. The molecule has 1 amide bonds. The molecule has 1 aliphatic rings. The number of nitrogens with zero attached hydrogens (tertiary/aromatic N) is 1. The maximum absolute atomic E-state index is 13.6. The van der Waals surface area contributed by atoms with Crippen LogP contribution in [0.1, 0.15) is 31.7 Å². The van der Waals surface area contributed by atoms with Crippen LogP contribution < -0.4 is 5.32 Å². The first-order chi connectivity index (χ1) is 10.5. The summed E-state index contributed by atoms with van der Waals surface area (Å²) in [5, 5.41) is 3.20. The van der Waals surface area contributed by atoms with Gasteiger partial charge in [0, 0.05) is 18.1 Å². The van der Waals surface area contributed by atoms with Crippen LogP contribution in [0.15, 0.2) is 18.2 Å². The average Bonchev–Trinajstić information content (AvgIpc) is 2.47. The number of hydrogen-bond acceptors (Lipinski definition) is 2. The Morgan fingerprint density at radius 2 is 2.32 bits per heavy atom. The van der Waals surface area contributed by atoms with Gasteiger partial charge in [-0.1, -0.05) is 24.6 Å². The van der Waals surface area contributed by atoms with Gasteiger partial charge in [0.25, 0.3) is 0 Å². The number of piperidine rings is 1. The number of rotatable bonds is 6. The lowest BCUT2D eigenvalue weighted by atomic mass is 10.0. The Morgan fingerprint density at radius 1 is 1.50 bits per heavy atom. The topological polar surface area (TPSA) is 32.3 Å². The Balaban J connectivity index is 1.65. The smallest absolute Gasteiger partial charge is 0.224 e. The first kappa shape index (κ1) is 17.2. The van der Waals surface area contributed by atoms with Gasteiger partial charge in [0.05, 0.1) is 6.42 Å². The second-order valence-electron chi connectivity index (χ2n) is 6.16. The molecule has 1 saturated heterocycles. The highest BCUT2D eigenvalue weighted by atomic mass is 35.5. The monoisotopic (exact) mass is 326 g/mol. The van der Waals surface area contributed by atoms with Crippen molar-refractivity contribution < 1.29 is 9.18 Å². The summed E-state index contributed by atoms with van der Waals surface area (Å²) in [6, 6.07) is 4.40. The highest BCUT2D eigenvalue weighted by Gasteiger charge is 2.15. The molecule has 3 nitrogen and oxygen atoms in total. The fourth-order valence-corrected chi connectivity index (χ4v) is 3.08. The Bertz CT molecular complexity index is 509. The van der Waals surface area contributed by atoms with Crippen LogP contribution >= 0.6 is 11.6 Å². The summed E-state index contributed by atoms with van der Waals surface area (Å²) >= 11 is 5.69. The maximum atomic E-state index is 13.6. The molecule has 1 unspecified atom stereocenters. The van der Waals surface area contributed by atoms with Crippen LogP contribution in [-0.2, 0) is 11.2 Å². The van der Waals surface area contributed by atoms with Crippen LogP contribution in [0.25, 0.3) is 0 Å². The fourth-order valence-electron chi connectivity index (χ4n) is 2.92. The molecule has 1 aromatic rings. The third-order valence-corrected chi connectivity index (χ3v) is 4.32. The molecule has 22 heavy (non-hydrogen) atoms. The zero-order chi connectivity index (χ0) is 15.9. The zero-order valence-corrected chi connectivity index (χ0v) is 13.8. The Hall–Kier alpha value is -1.13. The van der Waals surface area contributed by atoms with Gasteiger partial charge in [0.15, 0.2) is 0 Å². The van der Waals surface area contributed by atoms with Crippen LogP contribution in [0.4, 0.5) is 4.39 Å². The SMILES string of the molecule is CC1CCCN(CCCNC(=O)Cc2ccc(Cl)cc2F)C1. The Kier molecular flexibility index (Phi) is 6.65. The molecule has 1 fully saturated rings. The number of amides is 1. The molecular formula is C17H24ClFN2O. The summed E-state index contributed by atoms with van der Waals surface area (Å²) in [5.41, 5.74) is 0.381. The standard InChI is InChI=1S/C17H24ClFN2O/c1-13-4-2-8-21(12-13)9-3-7-20-17(22)10-14-5-6-15(18)11-16(14)19/h5-6,11,13H,2-4,7-10,12H2,1H3,(H,20,22). The molecule has 0 spiro atoms. The third kappa shape index (κ3) is 5.58. The van der Waals surface area contributed by atoms with E-state index < -0.39 is 5.82 Å². The minimum atomic E-state index is -0.426. The summed E-state index contributed by atoms with van der Waals surface area (Å²) < 4.78 is 13.6. The van der Waals surface area contributed by atoms with Crippen molar-refractivity contribution >= 4 is 17.5 Å². The number of likely N-dealkylation sites (tertiary alicyclic amines) is 1. The van der Waals surface area contributed by atoms with E-state index in [9.17, 15) is 9.18 Å². The van der Waals surface area contributed by atoms with Crippen molar-refractivity contribution in [1.82, 2.24) is 10.2 Å². The van der Waals surface area contributed by atoms with E-state index in [1.807, 2.05) is 0 Å². The van der Waals surface area contributed by atoms with Crippen molar-refractivity contribution in [1.29, 1.82) is 0 Å². The van der Waals surface area contributed by atoms with Crippen molar-refractivity contribution in [3.05, 3.63) is 34.6 Å². The Labute approximate surface area is 136 Å². The van der Waals surface area contributed by atoms with Crippen LogP contribution in [0.5, 0.6) is 0 Å². The van der Waals surface area contributed by atoms with Gasteiger partial charge >= 0.3 is 0 Å². The van der Waals surface area contributed by atoms with Crippen LogP contribution in [0.2, 0.25) is 5.02 Å². The van der Waals surface area contributed by atoms with Crippen LogP contribution in [0, 0.1) is 11.7 Å². The normalized spacial score (nSPS) is 19.1. The van der Waals surface area contributed by atoms with Gasteiger partial charge in [-0.05, 0) is 56.0 Å². The molecule has 2 rings (SSSR count). The number of benzene rings is 1. The molecule has 0 bridgehead atoms. The highest BCUT2D eigenvalue weighted by molar-refractivity contribution is 6.30. The van der Waals surface area contributed by atoms with E-state index in [1.165, 1.54) is 18.9 Å². The van der Waals surface area contributed by atoms with E-state index in [0.717, 1.165) is 32.0 Å². The fraction of sp³-hybridized carbons (Fsp3) is 0.588. The van der Waals surface area contributed by atoms with Gasteiger partial charge in [0.1, 0.15) is 5.82 Å². The quantitative estimate of drug-likeness (QED) is 0.814. The molecule has 122 valence electrons. The number of halogens is 2. The van der Waals surface area contributed by atoms with Gasteiger partial charge in [-0.3, -0.25) is 4.79 Å². The second kappa shape index (κ2) is 8.49. The lowest BCUT2D eigenvalue weighted by molar-refractivity contribution is -0.120. The third-order valence-electron chi connectivity index (χ3n) is 4.08. The molecule has 1 aliphatic heterocycles. The van der Waals surface area contributed by atoms with Gasteiger partial charge in [0.2, 0.25) is 5.91 Å². The van der Waals surface area contributed by atoms with E-state index in [2.05, 4.69) is 17.1 Å². The number of carbonyl (C=O) groups excluding carboxylic acids is 1. The van der Waals surface area contributed by atoms with Crippen LogP contribution in [-0.4, -0.2) is 37.0 Å². The van der Waals surface area contributed by atoms with Crippen molar-refractivity contribution in [2.75, 3.05) is 26.2 Å². The van der Waals surface area contributed by atoms with Gasteiger partial charge < -0.3 is 10.2 Å². The van der Waals surface area contributed by atoms with Gasteiger partial charge in [-0.15, -0.1) is 0 Å². The average molecular weight is 327 g/mol. The highest BCUT2D eigenvalue weighted by Crippen LogP contribution is 2.16. The molecule has 0 aromatic heterocycles. The largest absolute Gasteiger partial charge is 0.356 e. The van der Waals surface area contributed by atoms with Crippen molar-refractivity contribution in [3.8, 4) is 0 Å². The number of hydrogen-bond donors (Lipinski definition) is 1. The predicted octanol–water partition coefficient (Wildman–Crippen LogP) is 3.26. The van der Waals surface area contributed by atoms with E-state index in [-0.39, 0.29) is 12.3 Å². The molecule has 1 N–H and O–H groups in total. The number of nitrogens with one attached hydrogen (secondary N) is 1. The van der Waals surface area contributed by atoms with E-state index in [4.69, 9.17) is 11.6 Å². The summed E-state index contributed by atoms with van der Waals surface area (Å²) in [5.74, 6) is 0.203. The molecule has 1 aromatic carbocycles. The van der Waals surface area contributed by atoms with Crippen LogP contribution in [0.3, 0.4) is 0 Å². The first-order valence-electron chi connectivity index (χ1n) is 7.97. The maximum Gasteiger partial charge on any atom is 0.224 e. The van der Waals surface area contributed by atoms with E-state index >= 15 is 0 Å². The van der Waals surface area contributed by atoms with E-state index in [1.54, 1.807) is 12.1 Å². The zero-order valence-electron chi connectivity index (χ0n) is 13.1. The summed E-state index contributed by atoms with van der Waals surface area (Å²) in [6.45, 7) is 6.26. The Morgan fingerprint density at radius 3 is 3.05 bits per heavy atom. The summed E-state index contributed by atoms with van der Waals surface area (Å²) in [4.78, 5) is 14.3. The first-order valence-corrected chi connectivity index (χ1v) is 8.35. The molecule has 1 atom stereocenters. The lowest BCUT2D eigenvalue weighted by Crippen LogP contribution is -2.36. The molecule has 0 radical (unpaired) electrons. The van der Waals surface area contributed by atoms with Crippen molar-refractivity contribution in [3.63, 3.8) is 0 Å². The van der Waals surface area contributed by atoms with Gasteiger partial charge in [-0.25, -0.2) is 4.39 Å². The minimum absolute atomic E-state index is 0.0593. The molecule has 1 heterocycles. The second-order valence-corrected chi connectivity index (χ2v) is 6.60. The molecule has 0 aliphatic carbocycles. The predicted molar refractivity (Wildman–Crippen MR) is 87.6 cm³/mol.